The number of hydrogen-bond donors (Lipinski definition) is 9. The highest BCUT2D eigenvalue weighted by atomic mass is 16.7. The molecule has 0 aromatic rings. The first-order valence-electron chi connectivity index (χ1n) is 13.0. The number of nitrogens with one attached hydrogen (secondary N) is 3. The maximum absolute atomic E-state index is 12.2. The van der Waals surface area contributed by atoms with Crippen LogP contribution in [0, 0.1) is 0 Å². The fourth-order valence-electron chi connectivity index (χ4n) is 4.79. The molecule has 42 heavy (non-hydrogen) atoms. The highest BCUT2D eigenvalue weighted by molar-refractivity contribution is 5.94. The zero-order valence-corrected chi connectivity index (χ0v) is 23.0. The van der Waals surface area contributed by atoms with Gasteiger partial charge in [-0.25, -0.2) is 4.79 Å². The quantitative estimate of drug-likeness (QED) is 0.105. The molecule has 238 valence electrons. The molecule has 18 heteroatoms. The van der Waals surface area contributed by atoms with E-state index in [1.807, 2.05) is 0 Å². The topological polar surface area (TPSA) is 272 Å². The van der Waals surface area contributed by atoms with Crippen LogP contribution in [0.2, 0.25) is 0 Å². The molecular weight excluding hydrogens is 570 g/mol. The zero-order chi connectivity index (χ0) is 31.3. The van der Waals surface area contributed by atoms with Gasteiger partial charge in [0.2, 0.25) is 17.7 Å². The van der Waals surface area contributed by atoms with Gasteiger partial charge in [0.1, 0.15) is 60.5 Å². The number of aliphatic hydroxyl groups excluding tert-OH is 6. The summed E-state index contributed by atoms with van der Waals surface area (Å²) in [5.41, 5.74) is -0.290. The molecule has 3 aliphatic rings. The second kappa shape index (κ2) is 14.6. The first-order valence-corrected chi connectivity index (χ1v) is 13.0. The minimum Gasteiger partial charge on any atom is -0.452 e. The molecule has 0 saturated carbocycles. The normalized spacial score (nSPS) is 38.6. The molecule has 9 N–H and O–H groups in total. The van der Waals surface area contributed by atoms with Crippen LogP contribution in [0.25, 0.3) is 0 Å². The van der Waals surface area contributed by atoms with E-state index in [1.54, 1.807) is 0 Å². The lowest BCUT2D eigenvalue weighted by molar-refractivity contribution is -0.336. The van der Waals surface area contributed by atoms with Crippen molar-refractivity contribution in [1.82, 2.24) is 16.0 Å². The van der Waals surface area contributed by atoms with Gasteiger partial charge in [-0.2, -0.15) is 0 Å². The van der Waals surface area contributed by atoms with Crippen molar-refractivity contribution < 1.29 is 73.5 Å². The van der Waals surface area contributed by atoms with Crippen LogP contribution in [0.4, 0.5) is 0 Å². The third-order valence-electron chi connectivity index (χ3n) is 6.72. The van der Waals surface area contributed by atoms with Crippen molar-refractivity contribution in [3.05, 3.63) is 11.8 Å². The third kappa shape index (κ3) is 7.78. The Balaban J connectivity index is 1.90. The maximum atomic E-state index is 12.2. The van der Waals surface area contributed by atoms with E-state index >= 15 is 0 Å². The van der Waals surface area contributed by atoms with Crippen molar-refractivity contribution in [3.8, 4) is 0 Å². The molecule has 2 fully saturated rings. The molecular formula is C24H37N3O15. The number of carbonyl (C=O) groups excluding carboxylic acids is 4. The van der Waals surface area contributed by atoms with Gasteiger partial charge in [0.25, 0.3) is 0 Å². The highest BCUT2D eigenvalue weighted by Gasteiger charge is 2.52. The van der Waals surface area contributed by atoms with E-state index in [9.17, 15) is 49.8 Å². The molecule has 18 nitrogen and oxygen atoms in total. The Morgan fingerprint density at radius 2 is 1.29 bits per heavy atom. The van der Waals surface area contributed by atoms with Gasteiger partial charge in [0.15, 0.2) is 18.7 Å². The second-order valence-electron chi connectivity index (χ2n) is 9.96. The van der Waals surface area contributed by atoms with Gasteiger partial charge in [-0.3, -0.25) is 14.4 Å². The largest absolute Gasteiger partial charge is 0.452 e. The minimum atomic E-state index is -1.72. The van der Waals surface area contributed by atoms with Crippen molar-refractivity contribution in [3.63, 3.8) is 0 Å². The fourth-order valence-corrected chi connectivity index (χ4v) is 4.79. The van der Waals surface area contributed by atoms with E-state index in [-0.39, 0.29) is 5.70 Å². The summed E-state index contributed by atoms with van der Waals surface area (Å²) in [5, 5.41) is 68.7. The standard InChI is InChI=1S/C24H37N3O15/c1-8(31)25-11-4-12(13(5-28)38-22(11)37)39-23-17(27-10(3)33)20(36)21(15(7-30)41-23)42-24-16(26-9(2)32)19(35)18(34)14(6-29)40-24/h4,12-21,23-24,28-30,34-36H,5-7H2,1-3H3,(H,25,31)(H,26,32)(H,27,33)/t12-,13+,14+,15+,16+,17+,18+,19+,20+,21+,23+,24-/m0/s1. The van der Waals surface area contributed by atoms with Gasteiger partial charge in [-0.15, -0.1) is 0 Å². The van der Waals surface area contributed by atoms with Crippen LogP contribution in [0.1, 0.15) is 20.8 Å². The number of aliphatic hydroxyl groups is 6. The Morgan fingerprint density at radius 3 is 1.81 bits per heavy atom. The average Bonchev–Trinajstić information content (AvgIpc) is 2.92. The van der Waals surface area contributed by atoms with E-state index < -0.39 is 117 Å². The average molecular weight is 608 g/mol. The van der Waals surface area contributed by atoms with E-state index in [1.165, 1.54) is 0 Å². The first kappa shape index (κ1) is 33.7. The van der Waals surface area contributed by atoms with Gasteiger partial charge in [-0.1, -0.05) is 0 Å². The fraction of sp³-hybridized carbons (Fsp3) is 0.750. The van der Waals surface area contributed by atoms with Gasteiger partial charge in [0.05, 0.1) is 19.8 Å². The molecule has 0 bridgehead atoms. The van der Waals surface area contributed by atoms with Crippen LogP contribution in [0.15, 0.2) is 11.8 Å². The second-order valence-corrected chi connectivity index (χ2v) is 9.96. The number of amides is 3. The van der Waals surface area contributed by atoms with Crippen LogP contribution in [-0.2, 0) is 42.9 Å². The summed E-state index contributed by atoms with van der Waals surface area (Å²) < 4.78 is 28.2. The number of hydrogen-bond acceptors (Lipinski definition) is 15. The Hall–Kier alpha value is -2.78. The summed E-state index contributed by atoms with van der Waals surface area (Å²) in [4.78, 5) is 47.5. The lowest BCUT2D eigenvalue weighted by Gasteiger charge is -2.48. The maximum Gasteiger partial charge on any atom is 0.355 e. The van der Waals surface area contributed by atoms with E-state index in [2.05, 4.69) is 16.0 Å². The molecule has 0 spiro atoms. The predicted molar refractivity (Wildman–Crippen MR) is 133 cm³/mol. The van der Waals surface area contributed by atoms with Crippen molar-refractivity contribution in [2.24, 2.45) is 0 Å². The third-order valence-corrected chi connectivity index (χ3v) is 6.72. The highest BCUT2D eigenvalue weighted by Crippen LogP contribution is 2.31. The van der Waals surface area contributed by atoms with E-state index in [4.69, 9.17) is 23.7 Å². The number of cyclic esters (lactones) is 1. The number of rotatable bonds is 10. The first-order chi connectivity index (χ1) is 19.8. The lowest BCUT2D eigenvalue weighted by Crippen LogP contribution is -2.69. The summed E-state index contributed by atoms with van der Waals surface area (Å²) in [6.07, 6.45) is -13.8. The molecule has 3 heterocycles. The van der Waals surface area contributed by atoms with Crippen molar-refractivity contribution in [2.45, 2.75) is 94.3 Å². The summed E-state index contributed by atoms with van der Waals surface area (Å²) >= 11 is 0. The van der Waals surface area contributed by atoms with Crippen LogP contribution in [0.3, 0.4) is 0 Å². The summed E-state index contributed by atoms with van der Waals surface area (Å²) in [5.74, 6) is -2.81. The van der Waals surface area contributed by atoms with Crippen LogP contribution < -0.4 is 16.0 Å². The zero-order valence-electron chi connectivity index (χ0n) is 23.0. The molecule has 12 atom stereocenters. The Kier molecular flexibility index (Phi) is 11.7. The molecule has 0 aliphatic carbocycles. The molecule has 0 unspecified atom stereocenters. The Morgan fingerprint density at radius 1 is 0.762 bits per heavy atom. The Bertz CT molecular complexity index is 1030. The molecule has 3 amide bonds. The van der Waals surface area contributed by atoms with Crippen LogP contribution in [-0.4, -0.2) is 148 Å². The molecule has 0 radical (unpaired) electrons. The van der Waals surface area contributed by atoms with E-state index in [0.717, 1.165) is 26.8 Å². The number of ether oxygens (including phenoxy) is 5. The molecule has 0 aromatic heterocycles. The molecule has 2 saturated heterocycles. The van der Waals surface area contributed by atoms with Gasteiger partial charge in [0, 0.05) is 20.8 Å². The minimum absolute atomic E-state index is 0.290. The monoisotopic (exact) mass is 607 g/mol. The predicted octanol–water partition coefficient (Wildman–Crippen LogP) is -5.78. The van der Waals surface area contributed by atoms with Gasteiger partial charge < -0.3 is 70.3 Å². The Labute approximate surface area is 239 Å². The molecule has 3 rings (SSSR count). The van der Waals surface area contributed by atoms with Gasteiger partial charge in [-0.05, 0) is 6.08 Å². The summed E-state index contributed by atoms with van der Waals surface area (Å²) in [6, 6.07) is -2.81. The van der Waals surface area contributed by atoms with Crippen LogP contribution in [0.5, 0.6) is 0 Å². The van der Waals surface area contributed by atoms with Crippen LogP contribution >= 0.6 is 0 Å². The summed E-state index contributed by atoms with van der Waals surface area (Å²) in [6.45, 7) is 1.17. The smallest absolute Gasteiger partial charge is 0.355 e. The summed E-state index contributed by atoms with van der Waals surface area (Å²) in [7, 11) is 0. The van der Waals surface area contributed by atoms with Crippen molar-refractivity contribution >= 4 is 23.7 Å². The van der Waals surface area contributed by atoms with E-state index in [0.29, 0.717) is 0 Å². The SMILES string of the molecule is CC(=O)NC1=C[C@H](O[C@@H]2O[C@H](CO)[C@@H](O[C@@H]3O[C@H](CO)[C@@H](O)[C@H](O)[C@H]3NC(C)=O)[C@H](O)[C@H]2NC(C)=O)[C@@H](CO)OC1=O. The lowest BCUT2D eigenvalue weighted by atomic mass is 9.94. The van der Waals surface area contributed by atoms with Gasteiger partial charge >= 0.3 is 5.97 Å². The number of carbonyl (C=O) groups is 4. The van der Waals surface area contributed by atoms with Crippen molar-refractivity contribution in [2.75, 3.05) is 19.8 Å². The molecule has 3 aliphatic heterocycles. The number of esters is 1. The molecule has 0 aromatic carbocycles. The van der Waals surface area contributed by atoms with Crippen molar-refractivity contribution in [1.29, 1.82) is 0 Å².